The molecule has 1 saturated heterocycles. The maximum atomic E-state index is 12.8. The van der Waals surface area contributed by atoms with E-state index in [1.54, 1.807) is 0 Å². The molecule has 3 heteroatoms. The monoisotopic (exact) mass is 260 g/mol. The number of amides is 1. The van der Waals surface area contributed by atoms with Crippen LogP contribution in [-0.2, 0) is 10.2 Å². The summed E-state index contributed by atoms with van der Waals surface area (Å²) in [6, 6.07) is 10.2. The first-order valence-corrected chi connectivity index (χ1v) is 7.03. The lowest BCUT2D eigenvalue weighted by molar-refractivity contribution is -0.138. The van der Waals surface area contributed by atoms with Crippen molar-refractivity contribution in [3.05, 3.63) is 35.9 Å². The van der Waals surface area contributed by atoms with Crippen molar-refractivity contribution in [3.8, 4) is 0 Å². The molecule has 1 amide bonds. The second-order valence-electron chi connectivity index (χ2n) is 6.17. The van der Waals surface area contributed by atoms with Crippen LogP contribution in [0.5, 0.6) is 0 Å². The van der Waals surface area contributed by atoms with E-state index in [2.05, 4.69) is 6.92 Å². The molecule has 0 aromatic heterocycles. The van der Waals surface area contributed by atoms with Gasteiger partial charge >= 0.3 is 0 Å². The topological polar surface area (TPSA) is 46.3 Å². The van der Waals surface area contributed by atoms with Crippen molar-refractivity contribution in [1.29, 1.82) is 0 Å². The minimum absolute atomic E-state index is 0.206. The van der Waals surface area contributed by atoms with E-state index < -0.39 is 5.41 Å². The summed E-state index contributed by atoms with van der Waals surface area (Å²) in [5, 5.41) is 0. The number of nitrogens with two attached hydrogens (primary N) is 1. The molecule has 19 heavy (non-hydrogen) atoms. The van der Waals surface area contributed by atoms with Crippen molar-refractivity contribution in [1.82, 2.24) is 4.90 Å². The van der Waals surface area contributed by atoms with Gasteiger partial charge in [0.15, 0.2) is 0 Å². The van der Waals surface area contributed by atoms with Gasteiger partial charge in [0.1, 0.15) is 0 Å². The minimum atomic E-state index is -0.470. The zero-order chi connectivity index (χ0) is 14.0. The van der Waals surface area contributed by atoms with Gasteiger partial charge in [-0.25, -0.2) is 0 Å². The molecule has 1 fully saturated rings. The van der Waals surface area contributed by atoms with E-state index in [1.807, 2.05) is 49.1 Å². The van der Waals surface area contributed by atoms with Gasteiger partial charge in [0, 0.05) is 19.1 Å². The first-order chi connectivity index (χ1) is 8.93. The van der Waals surface area contributed by atoms with Gasteiger partial charge in [0.25, 0.3) is 0 Å². The Labute approximate surface area is 115 Å². The van der Waals surface area contributed by atoms with E-state index in [1.165, 1.54) is 0 Å². The molecule has 2 unspecified atom stereocenters. The summed E-state index contributed by atoms with van der Waals surface area (Å²) in [6.45, 7) is 7.68. The maximum absolute atomic E-state index is 12.8. The van der Waals surface area contributed by atoms with E-state index in [9.17, 15) is 4.79 Å². The second kappa shape index (κ2) is 5.33. The first kappa shape index (κ1) is 14.1. The van der Waals surface area contributed by atoms with Crippen LogP contribution < -0.4 is 5.73 Å². The third-order valence-corrected chi connectivity index (χ3v) is 4.29. The van der Waals surface area contributed by atoms with Crippen molar-refractivity contribution in [3.63, 3.8) is 0 Å². The lowest BCUT2D eigenvalue weighted by atomic mass is 9.82. The molecule has 1 heterocycles. The molecule has 1 aromatic carbocycles. The van der Waals surface area contributed by atoms with Crippen molar-refractivity contribution < 1.29 is 4.79 Å². The average Bonchev–Trinajstić information content (AvgIpc) is 2.42. The van der Waals surface area contributed by atoms with Crippen LogP contribution in [0.2, 0.25) is 0 Å². The predicted octanol–water partition coefficient (Wildman–Crippen LogP) is 2.16. The van der Waals surface area contributed by atoms with E-state index >= 15 is 0 Å². The Kier molecular flexibility index (Phi) is 3.95. The van der Waals surface area contributed by atoms with Crippen LogP contribution in [-0.4, -0.2) is 29.9 Å². The lowest BCUT2D eigenvalue weighted by Gasteiger charge is -2.39. The Balaban J connectivity index is 2.15. The Morgan fingerprint density at radius 2 is 1.95 bits per heavy atom. The zero-order valence-corrected chi connectivity index (χ0v) is 12.1. The highest BCUT2D eigenvalue weighted by Crippen LogP contribution is 2.27. The number of carbonyl (C=O) groups excluding carboxylic acids is 1. The van der Waals surface area contributed by atoms with Gasteiger partial charge in [0.2, 0.25) is 5.91 Å². The second-order valence-corrected chi connectivity index (χ2v) is 6.17. The van der Waals surface area contributed by atoms with Gasteiger partial charge in [-0.2, -0.15) is 0 Å². The number of carbonyl (C=O) groups is 1. The molecule has 0 aliphatic carbocycles. The van der Waals surface area contributed by atoms with Crippen LogP contribution in [0.4, 0.5) is 0 Å². The van der Waals surface area contributed by atoms with Crippen LogP contribution in [0.1, 0.15) is 32.8 Å². The summed E-state index contributed by atoms with van der Waals surface area (Å²) in [6.07, 6.45) is 0.901. The zero-order valence-electron chi connectivity index (χ0n) is 12.1. The molecule has 0 spiro atoms. The van der Waals surface area contributed by atoms with Crippen LogP contribution in [0, 0.1) is 5.92 Å². The largest absolute Gasteiger partial charge is 0.342 e. The molecular formula is C16H24N2O. The molecule has 1 aliphatic rings. The molecule has 2 rings (SSSR count). The molecule has 104 valence electrons. The first-order valence-electron chi connectivity index (χ1n) is 7.03. The number of likely N-dealkylation sites (tertiary alicyclic amines) is 1. The van der Waals surface area contributed by atoms with E-state index in [-0.39, 0.29) is 11.9 Å². The number of rotatable bonds is 2. The van der Waals surface area contributed by atoms with Crippen molar-refractivity contribution in [2.24, 2.45) is 11.7 Å². The van der Waals surface area contributed by atoms with Gasteiger partial charge in [-0.15, -0.1) is 0 Å². The fraction of sp³-hybridized carbons (Fsp3) is 0.562. The van der Waals surface area contributed by atoms with Crippen LogP contribution in [0.25, 0.3) is 0 Å². The normalized spacial score (nSPS) is 24.3. The molecule has 0 saturated carbocycles. The van der Waals surface area contributed by atoms with E-state index in [4.69, 9.17) is 5.73 Å². The van der Waals surface area contributed by atoms with Crippen molar-refractivity contribution >= 4 is 5.91 Å². The van der Waals surface area contributed by atoms with E-state index in [0.717, 1.165) is 25.1 Å². The molecule has 2 N–H and O–H groups in total. The Bertz CT molecular complexity index is 441. The summed E-state index contributed by atoms with van der Waals surface area (Å²) >= 11 is 0. The SMILES string of the molecule is CC1CN(C(=O)C(C)(C)c2ccccc2)CCC1N. The molecular weight excluding hydrogens is 236 g/mol. The maximum Gasteiger partial charge on any atom is 0.232 e. The molecule has 2 atom stereocenters. The lowest BCUT2D eigenvalue weighted by Crippen LogP contribution is -2.52. The molecule has 0 bridgehead atoms. The van der Waals surface area contributed by atoms with Crippen LogP contribution >= 0.6 is 0 Å². The molecule has 1 aliphatic heterocycles. The fourth-order valence-electron chi connectivity index (χ4n) is 2.72. The Hall–Kier alpha value is -1.35. The third kappa shape index (κ3) is 2.81. The summed E-state index contributed by atoms with van der Waals surface area (Å²) in [5.74, 6) is 0.585. The predicted molar refractivity (Wildman–Crippen MR) is 77.8 cm³/mol. The highest BCUT2D eigenvalue weighted by molar-refractivity contribution is 5.87. The van der Waals surface area contributed by atoms with Gasteiger partial charge < -0.3 is 10.6 Å². The van der Waals surface area contributed by atoms with Crippen LogP contribution in [0.3, 0.4) is 0 Å². The van der Waals surface area contributed by atoms with Gasteiger partial charge in [-0.1, -0.05) is 37.3 Å². The summed E-state index contributed by atoms with van der Waals surface area (Å²) in [5.41, 5.74) is 6.62. The fourth-order valence-corrected chi connectivity index (χ4v) is 2.72. The molecule has 0 radical (unpaired) electrons. The number of hydrogen-bond donors (Lipinski definition) is 1. The number of benzene rings is 1. The van der Waals surface area contributed by atoms with Gasteiger partial charge in [-0.3, -0.25) is 4.79 Å². The van der Waals surface area contributed by atoms with Crippen LogP contribution in [0.15, 0.2) is 30.3 Å². The highest BCUT2D eigenvalue weighted by Gasteiger charge is 2.36. The third-order valence-electron chi connectivity index (χ3n) is 4.29. The molecule has 1 aromatic rings. The average molecular weight is 260 g/mol. The number of nitrogens with zero attached hydrogens (tertiary/aromatic N) is 1. The quantitative estimate of drug-likeness (QED) is 0.885. The highest BCUT2D eigenvalue weighted by atomic mass is 16.2. The van der Waals surface area contributed by atoms with Crippen molar-refractivity contribution in [2.45, 2.75) is 38.6 Å². The Morgan fingerprint density at radius 3 is 2.53 bits per heavy atom. The number of piperidine rings is 1. The summed E-state index contributed by atoms with van der Waals surface area (Å²) in [7, 11) is 0. The number of hydrogen-bond acceptors (Lipinski definition) is 2. The smallest absolute Gasteiger partial charge is 0.232 e. The van der Waals surface area contributed by atoms with Gasteiger partial charge in [-0.05, 0) is 31.7 Å². The Morgan fingerprint density at radius 1 is 1.32 bits per heavy atom. The van der Waals surface area contributed by atoms with Crippen molar-refractivity contribution in [2.75, 3.05) is 13.1 Å². The summed E-state index contributed by atoms with van der Waals surface area (Å²) < 4.78 is 0. The van der Waals surface area contributed by atoms with E-state index in [0.29, 0.717) is 5.92 Å². The van der Waals surface area contributed by atoms with Gasteiger partial charge in [0.05, 0.1) is 5.41 Å². The summed E-state index contributed by atoms with van der Waals surface area (Å²) in [4.78, 5) is 14.7. The molecule has 3 nitrogen and oxygen atoms in total. The standard InChI is InChI=1S/C16H24N2O/c1-12-11-18(10-9-14(12)17)15(19)16(2,3)13-7-5-4-6-8-13/h4-8,12,14H,9-11,17H2,1-3H3. The minimum Gasteiger partial charge on any atom is -0.342 e.